The summed E-state index contributed by atoms with van der Waals surface area (Å²) >= 11 is 0. The SMILES string of the molecule is COc1ccc(C(=O)CC(=O)c2ccccc2C)cc1.F[B]F. The fourth-order valence-corrected chi connectivity index (χ4v) is 2.01. The Morgan fingerprint density at radius 3 is 2.09 bits per heavy atom. The van der Waals surface area contributed by atoms with Crippen LogP contribution in [0.2, 0.25) is 0 Å². The van der Waals surface area contributed by atoms with E-state index in [0.717, 1.165) is 5.56 Å². The molecule has 0 aliphatic heterocycles. The normalized spacial score (nSPS) is 9.39. The zero-order valence-corrected chi connectivity index (χ0v) is 12.9. The van der Waals surface area contributed by atoms with Gasteiger partial charge >= 0.3 is 7.83 Å². The topological polar surface area (TPSA) is 43.4 Å². The summed E-state index contributed by atoms with van der Waals surface area (Å²) in [6, 6.07) is 14.1. The number of hydrogen-bond donors (Lipinski definition) is 0. The molecule has 2 aromatic rings. The Hall–Kier alpha value is -2.50. The molecule has 0 heterocycles. The Kier molecular flexibility index (Phi) is 7.67. The number of aryl methyl sites for hydroxylation is 1. The van der Waals surface area contributed by atoms with Gasteiger partial charge < -0.3 is 4.74 Å². The van der Waals surface area contributed by atoms with Crippen LogP contribution in [-0.4, -0.2) is 26.5 Å². The van der Waals surface area contributed by atoms with Gasteiger partial charge in [-0.1, -0.05) is 24.3 Å². The van der Waals surface area contributed by atoms with Crippen molar-refractivity contribution in [3.05, 3.63) is 65.2 Å². The molecule has 0 unspecified atom stereocenters. The van der Waals surface area contributed by atoms with E-state index in [1.165, 1.54) is 0 Å². The van der Waals surface area contributed by atoms with Crippen molar-refractivity contribution in [1.82, 2.24) is 0 Å². The van der Waals surface area contributed by atoms with Gasteiger partial charge in [-0.05, 0) is 36.8 Å². The van der Waals surface area contributed by atoms with E-state index in [4.69, 9.17) is 4.74 Å². The zero-order valence-electron chi connectivity index (χ0n) is 12.9. The average Bonchev–Trinajstić information content (AvgIpc) is 2.56. The van der Waals surface area contributed by atoms with Crippen molar-refractivity contribution in [1.29, 1.82) is 0 Å². The summed E-state index contributed by atoms with van der Waals surface area (Å²) in [5.41, 5.74) is 2.02. The molecule has 3 nitrogen and oxygen atoms in total. The molecule has 2 aromatic carbocycles. The molecular formula is C17H16BF2O3. The van der Waals surface area contributed by atoms with Crippen LogP contribution in [0.4, 0.5) is 8.63 Å². The molecule has 0 atom stereocenters. The number of halogens is 2. The summed E-state index contributed by atoms with van der Waals surface area (Å²) in [7, 11) is 0.568. The first-order valence-electron chi connectivity index (χ1n) is 6.81. The lowest BCUT2D eigenvalue weighted by Gasteiger charge is -2.05. The number of carbonyl (C=O) groups excluding carboxylic acids is 2. The molecule has 0 aliphatic carbocycles. The Morgan fingerprint density at radius 2 is 1.57 bits per heavy atom. The first-order chi connectivity index (χ1) is 11.0. The van der Waals surface area contributed by atoms with Crippen LogP contribution in [0.1, 0.15) is 32.7 Å². The number of carbonyl (C=O) groups is 2. The first-order valence-corrected chi connectivity index (χ1v) is 6.81. The van der Waals surface area contributed by atoms with Gasteiger partial charge in [0.05, 0.1) is 13.5 Å². The van der Waals surface area contributed by atoms with Crippen molar-refractivity contribution in [2.24, 2.45) is 0 Å². The third-order valence-corrected chi connectivity index (χ3v) is 3.18. The van der Waals surface area contributed by atoms with E-state index in [1.807, 2.05) is 19.1 Å². The molecule has 6 heteroatoms. The number of Topliss-reactive ketones (excluding diaryl/α,β-unsaturated/α-hetero) is 2. The molecule has 0 saturated heterocycles. The Balaban J connectivity index is 0.000000816. The van der Waals surface area contributed by atoms with Crippen LogP contribution in [0.25, 0.3) is 0 Å². The van der Waals surface area contributed by atoms with E-state index in [2.05, 4.69) is 0 Å². The van der Waals surface area contributed by atoms with Crippen LogP contribution >= 0.6 is 0 Å². The van der Waals surface area contributed by atoms with Crippen molar-refractivity contribution >= 4 is 19.4 Å². The van der Waals surface area contributed by atoms with Gasteiger partial charge in [0.2, 0.25) is 0 Å². The van der Waals surface area contributed by atoms with E-state index in [0.29, 0.717) is 16.9 Å². The highest BCUT2D eigenvalue weighted by atomic mass is 19.2. The summed E-state index contributed by atoms with van der Waals surface area (Å²) in [5, 5.41) is 0. The van der Waals surface area contributed by atoms with Gasteiger partial charge in [-0.3, -0.25) is 18.2 Å². The summed E-state index contributed by atoms with van der Waals surface area (Å²) < 4.78 is 24.0. The second-order valence-corrected chi connectivity index (χ2v) is 4.65. The summed E-state index contributed by atoms with van der Waals surface area (Å²) in [5.74, 6) is 0.358. The van der Waals surface area contributed by atoms with Crippen LogP contribution in [0.15, 0.2) is 48.5 Å². The molecule has 0 aliphatic rings. The molecule has 0 N–H and O–H groups in total. The van der Waals surface area contributed by atoms with E-state index >= 15 is 0 Å². The predicted molar refractivity (Wildman–Crippen MR) is 85.4 cm³/mol. The van der Waals surface area contributed by atoms with E-state index < -0.39 is 7.83 Å². The Labute approximate surface area is 134 Å². The molecule has 0 saturated carbocycles. The first kappa shape index (κ1) is 18.6. The maximum absolute atomic E-state index is 12.1. The van der Waals surface area contributed by atoms with Crippen LogP contribution in [0, 0.1) is 6.92 Å². The number of ether oxygens (including phenoxy) is 1. The standard InChI is InChI=1S/C17H16O3.BF2/c1-12-5-3-4-6-15(12)17(19)11-16(18)13-7-9-14(20-2)10-8-13;2-1-3/h3-10H,11H2,1-2H3;. The third kappa shape index (κ3) is 5.66. The third-order valence-electron chi connectivity index (χ3n) is 3.18. The number of methoxy groups -OCH3 is 1. The molecule has 2 rings (SSSR count). The molecule has 0 amide bonds. The quantitative estimate of drug-likeness (QED) is 0.477. The fourth-order valence-electron chi connectivity index (χ4n) is 2.01. The lowest BCUT2D eigenvalue weighted by Crippen LogP contribution is -2.09. The highest BCUT2D eigenvalue weighted by molar-refractivity contribution is 6.15. The minimum absolute atomic E-state index is 0.114. The molecule has 1 radical (unpaired) electrons. The molecule has 119 valence electrons. The van der Waals surface area contributed by atoms with E-state index in [9.17, 15) is 18.2 Å². The monoisotopic (exact) mass is 317 g/mol. The summed E-state index contributed by atoms with van der Waals surface area (Å²) in [6.45, 7) is 1.87. The highest BCUT2D eigenvalue weighted by Gasteiger charge is 2.15. The van der Waals surface area contributed by atoms with Gasteiger partial charge in [0.15, 0.2) is 11.6 Å². The number of hydrogen-bond acceptors (Lipinski definition) is 3. The van der Waals surface area contributed by atoms with Gasteiger partial charge in [-0.25, -0.2) is 0 Å². The van der Waals surface area contributed by atoms with Gasteiger partial charge in [-0.15, -0.1) is 0 Å². The maximum atomic E-state index is 12.1. The lowest BCUT2D eigenvalue weighted by molar-refractivity contribution is 0.0894. The second-order valence-electron chi connectivity index (χ2n) is 4.65. The molecule has 23 heavy (non-hydrogen) atoms. The molecule has 0 aromatic heterocycles. The largest absolute Gasteiger partial charge is 0.577 e. The van der Waals surface area contributed by atoms with Crippen molar-refractivity contribution < 1.29 is 23.0 Å². The van der Waals surface area contributed by atoms with Crippen molar-refractivity contribution in [2.75, 3.05) is 7.11 Å². The Morgan fingerprint density at radius 1 is 1.00 bits per heavy atom. The summed E-state index contributed by atoms with van der Waals surface area (Å²) in [6.07, 6.45) is -0.114. The van der Waals surface area contributed by atoms with Gasteiger partial charge in [0, 0.05) is 11.1 Å². The van der Waals surface area contributed by atoms with Gasteiger partial charge in [0.25, 0.3) is 0 Å². The zero-order chi connectivity index (χ0) is 17.2. The van der Waals surface area contributed by atoms with Crippen LogP contribution in [0.5, 0.6) is 5.75 Å². The molecular weight excluding hydrogens is 301 g/mol. The second kappa shape index (κ2) is 9.51. The number of rotatable bonds is 5. The minimum Gasteiger partial charge on any atom is -0.497 e. The molecule has 0 spiro atoms. The van der Waals surface area contributed by atoms with Crippen LogP contribution in [-0.2, 0) is 0 Å². The van der Waals surface area contributed by atoms with E-state index in [1.54, 1.807) is 43.5 Å². The Bertz CT molecular complexity index is 657. The van der Waals surface area contributed by atoms with Gasteiger partial charge in [0.1, 0.15) is 5.75 Å². The van der Waals surface area contributed by atoms with E-state index in [-0.39, 0.29) is 18.0 Å². The minimum atomic E-state index is -1.00. The van der Waals surface area contributed by atoms with Crippen molar-refractivity contribution in [3.63, 3.8) is 0 Å². The molecule has 0 fully saturated rings. The van der Waals surface area contributed by atoms with Crippen LogP contribution in [0.3, 0.4) is 0 Å². The lowest BCUT2D eigenvalue weighted by atomic mass is 9.98. The predicted octanol–water partition coefficient (Wildman–Crippen LogP) is 3.92. The fraction of sp³-hybridized carbons (Fsp3) is 0.176. The number of benzene rings is 2. The molecule has 0 bridgehead atoms. The number of ketones is 2. The van der Waals surface area contributed by atoms with Crippen molar-refractivity contribution in [3.8, 4) is 5.75 Å². The summed E-state index contributed by atoms with van der Waals surface area (Å²) in [4.78, 5) is 24.2. The average molecular weight is 317 g/mol. The van der Waals surface area contributed by atoms with Crippen LogP contribution < -0.4 is 4.74 Å². The van der Waals surface area contributed by atoms with Crippen molar-refractivity contribution in [2.45, 2.75) is 13.3 Å². The van der Waals surface area contributed by atoms with Gasteiger partial charge in [-0.2, -0.15) is 0 Å². The maximum Gasteiger partial charge on any atom is 0.577 e. The smallest absolute Gasteiger partial charge is 0.497 e. The highest BCUT2D eigenvalue weighted by Crippen LogP contribution is 2.15.